The number of aryl methyl sites for hydroxylation is 2. The maximum absolute atomic E-state index is 12.6. The van der Waals surface area contributed by atoms with Crippen LogP contribution in [0, 0.1) is 13.8 Å². The predicted octanol–water partition coefficient (Wildman–Crippen LogP) is 4.34. The topological polar surface area (TPSA) is 68.5 Å². The first-order chi connectivity index (χ1) is 13.0. The van der Waals surface area contributed by atoms with Crippen LogP contribution in [0.5, 0.6) is 5.75 Å². The number of hydrogen-bond acceptors (Lipinski definition) is 5. The summed E-state index contributed by atoms with van der Waals surface area (Å²) in [5.41, 5.74) is 4.05. The monoisotopic (exact) mass is 378 g/mol. The van der Waals surface area contributed by atoms with Gasteiger partial charge in [0.25, 0.3) is 5.91 Å². The minimum atomic E-state index is -0.201. The number of fused-ring (bicyclic) bond motifs is 1. The van der Waals surface area contributed by atoms with Crippen LogP contribution in [-0.2, 0) is 0 Å². The molecule has 1 aromatic carbocycles. The summed E-state index contributed by atoms with van der Waals surface area (Å²) in [5.74, 6) is 0.595. The van der Waals surface area contributed by atoms with E-state index < -0.39 is 0 Å². The van der Waals surface area contributed by atoms with Crippen molar-refractivity contribution in [2.45, 2.75) is 13.8 Å². The number of ether oxygens (including phenoxy) is 1. The molecule has 27 heavy (non-hydrogen) atoms. The van der Waals surface area contributed by atoms with Crippen molar-refractivity contribution in [2.75, 3.05) is 12.4 Å². The molecule has 0 spiro atoms. The zero-order valence-electron chi connectivity index (χ0n) is 15.2. The van der Waals surface area contributed by atoms with Crippen molar-refractivity contribution in [3.05, 3.63) is 64.9 Å². The fourth-order valence-corrected chi connectivity index (χ4v) is 3.72. The minimum absolute atomic E-state index is 0.201. The molecular formula is C20H18N4O2S. The van der Waals surface area contributed by atoms with Crippen molar-refractivity contribution >= 4 is 28.0 Å². The van der Waals surface area contributed by atoms with Crippen LogP contribution in [0.1, 0.15) is 20.9 Å². The number of amides is 1. The Morgan fingerprint density at radius 3 is 2.67 bits per heavy atom. The fraction of sp³-hybridized carbons (Fsp3) is 0.150. The lowest BCUT2D eigenvalue weighted by molar-refractivity contribution is 0.102. The summed E-state index contributed by atoms with van der Waals surface area (Å²) in [6.45, 7) is 3.91. The van der Waals surface area contributed by atoms with Gasteiger partial charge in [-0.15, -0.1) is 11.3 Å². The van der Waals surface area contributed by atoms with Crippen LogP contribution in [0.2, 0.25) is 0 Å². The van der Waals surface area contributed by atoms with Crippen molar-refractivity contribution in [3.8, 4) is 17.0 Å². The van der Waals surface area contributed by atoms with E-state index in [1.807, 2.05) is 54.9 Å². The highest BCUT2D eigenvalue weighted by Crippen LogP contribution is 2.31. The summed E-state index contributed by atoms with van der Waals surface area (Å²) >= 11 is 1.45. The van der Waals surface area contributed by atoms with Gasteiger partial charge in [0, 0.05) is 28.4 Å². The molecule has 7 heteroatoms. The van der Waals surface area contributed by atoms with E-state index in [-0.39, 0.29) is 5.91 Å². The Labute approximate surface area is 160 Å². The molecular weight excluding hydrogens is 360 g/mol. The molecule has 136 valence electrons. The number of aromatic nitrogens is 3. The smallest absolute Gasteiger partial charge is 0.257 e. The van der Waals surface area contributed by atoms with Gasteiger partial charge in [-0.2, -0.15) is 0 Å². The third-order valence-corrected chi connectivity index (χ3v) is 5.11. The molecule has 0 aliphatic heterocycles. The van der Waals surface area contributed by atoms with Crippen molar-refractivity contribution < 1.29 is 9.53 Å². The van der Waals surface area contributed by atoms with Gasteiger partial charge in [-0.3, -0.25) is 10.1 Å². The maximum Gasteiger partial charge on any atom is 0.257 e. The standard InChI is InChI=1S/C20H18N4O2S/c1-12-11-24-9-8-15(10-17(24)21-12)19(25)23-20-22-18(13(2)27-20)14-4-6-16(26-3)7-5-14/h4-11H,1-3H3,(H,22,23,25). The molecule has 0 saturated carbocycles. The van der Waals surface area contributed by atoms with Gasteiger partial charge >= 0.3 is 0 Å². The molecule has 4 rings (SSSR count). The van der Waals surface area contributed by atoms with E-state index in [0.717, 1.165) is 33.2 Å². The minimum Gasteiger partial charge on any atom is -0.497 e. The van der Waals surface area contributed by atoms with Gasteiger partial charge in [-0.05, 0) is 50.2 Å². The first kappa shape index (κ1) is 17.2. The zero-order valence-corrected chi connectivity index (χ0v) is 16.0. The van der Waals surface area contributed by atoms with E-state index in [1.54, 1.807) is 19.2 Å². The average molecular weight is 378 g/mol. The molecule has 0 fully saturated rings. The van der Waals surface area contributed by atoms with Crippen molar-refractivity contribution in [1.82, 2.24) is 14.4 Å². The number of carbonyl (C=O) groups is 1. The summed E-state index contributed by atoms with van der Waals surface area (Å²) < 4.78 is 7.08. The Morgan fingerprint density at radius 1 is 1.15 bits per heavy atom. The number of nitrogens with one attached hydrogen (secondary N) is 1. The van der Waals surface area contributed by atoms with Crippen molar-refractivity contribution in [3.63, 3.8) is 0 Å². The van der Waals surface area contributed by atoms with Crippen LogP contribution in [0.4, 0.5) is 5.13 Å². The van der Waals surface area contributed by atoms with E-state index in [2.05, 4.69) is 15.3 Å². The molecule has 4 aromatic rings. The Bertz CT molecular complexity index is 1130. The number of thiazole rings is 1. The van der Waals surface area contributed by atoms with E-state index in [1.165, 1.54) is 11.3 Å². The van der Waals surface area contributed by atoms with E-state index in [4.69, 9.17) is 4.74 Å². The van der Waals surface area contributed by atoms with Crippen LogP contribution in [-0.4, -0.2) is 27.4 Å². The van der Waals surface area contributed by atoms with Gasteiger partial charge in [0.15, 0.2) is 5.13 Å². The lowest BCUT2D eigenvalue weighted by atomic mass is 10.1. The van der Waals surface area contributed by atoms with Crippen LogP contribution in [0.25, 0.3) is 16.9 Å². The van der Waals surface area contributed by atoms with E-state index in [9.17, 15) is 4.79 Å². The second-order valence-electron chi connectivity index (χ2n) is 6.17. The fourth-order valence-electron chi connectivity index (χ4n) is 2.89. The van der Waals surface area contributed by atoms with Crippen molar-refractivity contribution in [2.24, 2.45) is 0 Å². The summed E-state index contributed by atoms with van der Waals surface area (Å²) in [5, 5.41) is 3.46. The normalized spacial score (nSPS) is 10.9. The third-order valence-electron chi connectivity index (χ3n) is 4.22. The SMILES string of the molecule is COc1ccc(-c2nc(NC(=O)c3ccn4cc(C)nc4c3)sc2C)cc1. The maximum atomic E-state index is 12.6. The van der Waals surface area contributed by atoms with Gasteiger partial charge in [-0.25, -0.2) is 9.97 Å². The Hall–Kier alpha value is -3.19. The van der Waals surface area contributed by atoms with Gasteiger partial charge in [0.2, 0.25) is 0 Å². The number of benzene rings is 1. The quantitative estimate of drug-likeness (QED) is 0.574. The van der Waals surface area contributed by atoms with Crippen LogP contribution >= 0.6 is 11.3 Å². The van der Waals surface area contributed by atoms with Gasteiger partial charge < -0.3 is 9.14 Å². The molecule has 0 aliphatic carbocycles. The summed E-state index contributed by atoms with van der Waals surface area (Å²) in [7, 11) is 1.64. The molecule has 3 aromatic heterocycles. The molecule has 1 amide bonds. The first-order valence-electron chi connectivity index (χ1n) is 8.42. The molecule has 0 bridgehead atoms. The summed E-state index contributed by atoms with van der Waals surface area (Å²) in [6.07, 6.45) is 3.75. The number of pyridine rings is 1. The second kappa shape index (κ2) is 6.85. The Morgan fingerprint density at radius 2 is 1.93 bits per heavy atom. The molecule has 0 unspecified atom stereocenters. The Balaban J connectivity index is 1.57. The van der Waals surface area contributed by atoms with Gasteiger partial charge in [-0.1, -0.05) is 0 Å². The van der Waals surface area contributed by atoms with E-state index >= 15 is 0 Å². The highest BCUT2D eigenvalue weighted by Gasteiger charge is 2.14. The number of imidazole rings is 1. The lowest BCUT2D eigenvalue weighted by Crippen LogP contribution is -2.12. The molecule has 6 nitrogen and oxygen atoms in total. The van der Waals surface area contributed by atoms with E-state index in [0.29, 0.717) is 10.7 Å². The number of carbonyl (C=O) groups excluding carboxylic acids is 1. The number of anilines is 1. The van der Waals surface area contributed by atoms with Gasteiger partial charge in [0.05, 0.1) is 18.5 Å². The van der Waals surface area contributed by atoms with Crippen molar-refractivity contribution in [1.29, 1.82) is 0 Å². The molecule has 0 atom stereocenters. The zero-order chi connectivity index (χ0) is 19.0. The van der Waals surface area contributed by atoms with Crippen LogP contribution in [0.3, 0.4) is 0 Å². The average Bonchev–Trinajstić information content (AvgIpc) is 3.22. The second-order valence-corrected chi connectivity index (χ2v) is 7.37. The summed E-state index contributed by atoms with van der Waals surface area (Å²) in [6, 6.07) is 11.3. The number of rotatable bonds is 4. The number of methoxy groups -OCH3 is 1. The highest BCUT2D eigenvalue weighted by atomic mass is 32.1. The van der Waals surface area contributed by atoms with Gasteiger partial charge in [0.1, 0.15) is 11.4 Å². The highest BCUT2D eigenvalue weighted by molar-refractivity contribution is 7.16. The first-order valence-corrected chi connectivity index (χ1v) is 9.24. The predicted molar refractivity (Wildman–Crippen MR) is 107 cm³/mol. The molecule has 0 saturated heterocycles. The largest absolute Gasteiger partial charge is 0.497 e. The summed E-state index contributed by atoms with van der Waals surface area (Å²) in [4.78, 5) is 22.6. The van der Waals surface area contributed by atoms with Crippen LogP contribution < -0.4 is 10.1 Å². The molecule has 0 radical (unpaired) electrons. The Kier molecular flexibility index (Phi) is 4.37. The number of nitrogens with zero attached hydrogens (tertiary/aromatic N) is 3. The van der Waals surface area contributed by atoms with Crippen LogP contribution in [0.15, 0.2) is 48.8 Å². The molecule has 0 aliphatic rings. The number of hydrogen-bond donors (Lipinski definition) is 1. The molecule has 1 N–H and O–H groups in total. The lowest BCUT2D eigenvalue weighted by Gasteiger charge is -2.03. The molecule has 3 heterocycles. The third kappa shape index (κ3) is 3.41.